The van der Waals surface area contributed by atoms with Crippen molar-refractivity contribution in [1.29, 1.82) is 0 Å². The third-order valence-electron chi connectivity index (χ3n) is 3.79. The molecule has 0 saturated carbocycles. The van der Waals surface area contributed by atoms with Gasteiger partial charge >= 0.3 is 0 Å². The molecule has 1 aromatic rings. The van der Waals surface area contributed by atoms with Gasteiger partial charge in [-0.15, -0.1) is 0 Å². The van der Waals surface area contributed by atoms with Gasteiger partial charge in [-0.05, 0) is 37.5 Å². The van der Waals surface area contributed by atoms with E-state index < -0.39 is 10.0 Å². The van der Waals surface area contributed by atoms with Crippen molar-refractivity contribution < 1.29 is 12.8 Å². The lowest BCUT2D eigenvalue weighted by atomic mass is 10.1. The summed E-state index contributed by atoms with van der Waals surface area (Å²) >= 11 is 0. The molecule has 0 aromatic heterocycles. The first-order valence-electron chi connectivity index (χ1n) is 8.25. The molecule has 1 fully saturated rings. The second-order valence-corrected chi connectivity index (χ2v) is 7.72. The molecule has 1 aliphatic rings. The number of rotatable bonds is 7. The maximum absolute atomic E-state index is 12.9. The highest BCUT2D eigenvalue weighted by Gasteiger charge is 2.27. The van der Waals surface area contributed by atoms with Crippen LogP contribution in [0.1, 0.15) is 18.9 Å². The van der Waals surface area contributed by atoms with Crippen molar-refractivity contribution in [3.05, 3.63) is 35.6 Å². The van der Waals surface area contributed by atoms with Gasteiger partial charge in [0.2, 0.25) is 10.0 Å². The van der Waals surface area contributed by atoms with Crippen LogP contribution in [0.25, 0.3) is 0 Å². The Morgan fingerprint density at radius 3 is 2.67 bits per heavy atom. The molecule has 1 aromatic carbocycles. The fourth-order valence-corrected chi connectivity index (χ4v) is 4.05. The van der Waals surface area contributed by atoms with Crippen molar-refractivity contribution in [2.75, 3.05) is 38.5 Å². The zero-order valence-corrected chi connectivity index (χ0v) is 14.8. The van der Waals surface area contributed by atoms with E-state index >= 15 is 0 Å². The number of nitrogens with one attached hydrogen (secondary N) is 2. The molecular formula is C16H25FN4O2S. The van der Waals surface area contributed by atoms with Gasteiger partial charge in [-0.25, -0.2) is 17.1 Å². The van der Waals surface area contributed by atoms with Gasteiger partial charge in [-0.3, -0.25) is 4.99 Å². The molecule has 1 saturated heterocycles. The van der Waals surface area contributed by atoms with Gasteiger partial charge in [-0.1, -0.05) is 12.1 Å². The summed E-state index contributed by atoms with van der Waals surface area (Å²) in [4.78, 5) is 4.42. The van der Waals surface area contributed by atoms with Crippen LogP contribution in [0.2, 0.25) is 0 Å². The Hall–Kier alpha value is -1.67. The largest absolute Gasteiger partial charge is 0.357 e. The molecule has 1 heterocycles. The highest BCUT2D eigenvalue weighted by molar-refractivity contribution is 7.89. The van der Waals surface area contributed by atoms with E-state index in [0.29, 0.717) is 38.6 Å². The number of sulfonamides is 1. The summed E-state index contributed by atoms with van der Waals surface area (Å²) in [6.45, 7) is 4.79. The summed E-state index contributed by atoms with van der Waals surface area (Å²) in [7, 11) is -3.06. The second-order valence-electron chi connectivity index (χ2n) is 5.63. The Morgan fingerprint density at radius 1 is 1.29 bits per heavy atom. The fourth-order valence-electron chi connectivity index (χ4n) is 2.53. The van der Waals surface area contributed by atoms with Crippen molar-refractivity contribution >= 4 is 16.0 Å². The standard InChI is InChI=1S/C16H25FN4O2S/c1-2-18-16(19-9-8-14-4-6-15(17)7-5-14)20-10-12-21-11-3-13-24(21,22)23/h4-7H,2-3,8-13H2,1H3,(H2,18,19,20). The van der Waals surface area contributed by atoms with Gasteiger partial charge in [0.05, 0.1) is 12.3 Å². The maximum Gasteiger partial charge on any atom is 0.214 e. The summed E-state index contributed by atoms with van der Waals surface area (Å²) in [5, 5.41) is 6.34. The van der Waals surface area contributed by atoms with Crippen molar-refractivity contribution in [2.45, 2.75) is 19.8 Å². The molecule has 0 unspecified atom stereocenters. The van der Waals surface area contributed by atoms with Gasteiger partial charge in [0.15, 0.2) is 5.96 Å². The first-order chi connectivity index (χ1) is 11.5. The third-order valence-corrected chi connectivity index (χ3v) is 5.74. The second kappa shape index (κ2) is 8.98. The highest BCUT2D eigenvalue weighted by Crippen LogP contribution is 2.12. The number of halogens is 1. The number of hydrogen-bond donors (Lipinski definition) is 2. The van der Waals surface area contributed by atoms with Crippen LogP contribution in [0, 0.1) is 5.82 Å². The Bertz CT molecular complexity index is 647. The minimum absolute atomic E-state index is 0.238. The smallest absolute Gasteiger partial charge is 0.214 e. The quantitative estimate of drug-likeness (QED) is 0.564. The number of hydrogen-bond acceptors (Lipinski definition) is 3. The monoisotopic (exact) mass is 356 g/mol. The highest BCUT2D eigenvalue weighted by atomic mass is 32.2. The van der Waals surface area contributed by atoms with Crippen LogP contribution >= 0.6 is 0 Å². The predicted molar refractivity (Wildman–Crippen MR) is 94.1 cm³/mol. The normalized spacial score (nSPS) is 17.8. The van der Waals surface area contributed by atoms with E-state index in [9.17, 15) is 12.8 Å². The van der Waals surface area contributed by atoms with E-state index in [0.717, 1.165) is 18.5 Å². The van der Waals surface area contributed by atoms with E-state index in [2.05, 4.69) is 15.6 Å². The number of guanidine groups is 1. The average molecular weight is 356 g/mol. The Morgan fingerprint density at radius 2 is 2.04 bits per heavy atom. The van der Waals surface area contributed by atoms with Crippen LogP contribution < -0.4 is 10.6 Å². The summed E-state index contributed by atoms with van der Waals surface area (Å²) in [6.07, 6.45) is 1.45. The van der Waals surface area contributed by atoms with Crippen LogP contribution in [-0.2, 0) is 16.4 Å². The lowest BCUT2D eigenvalue weighted by Gasteiger charge is -2.14. The van der Waals surface area contributed by atoms with Crippen LogP contribution in [0.3, 0.4) is 0 Å². The van der Waals surface area contributed by atoms with Gasteiger partial charge < -0.3 is 10.6 Å². The fraction of sp³-hybridized carbons (Fsp3) is 0.562. The van der Waals surface area contributed by atoms with Crippen molar-refractivity contribution in [3.63, 3.8) is 0 Å². The third kappa shape index (κ3) is 5.76. The van der Waals surface area contributed by atoms with Gasteiger partial charge in [0, 0.05) is 26.2 Å². The van der Waals surface area contributed by atoms with E-state index in [1.807, 2.05) is 6.92 Å². The SMILES string of the molecule is CCNC(=NCCN1CCCS1(=O)=O)NCCc1ccc(F)cc1. The molecule has 8 heteroatoms. The summed E-state index contributed by atoms with van der Waals surface area (Å²) in [5.41, 5.74) is 1.04. The molecule has 0 aliphatic carbocycles. The molecule has 0 spiro atoms. The first-order valence-corrected chi connectivity index (χ1v) is 9.86. The van der Waals surface area contributed by atoms with E-state index in [-0.39, 0.29) is 11.6 Å². The summed E-state index contributed by atoms with van der Waals surface area (Å²) in [5.74, 6) is 0.668. The minimum Gasteiger partial charge on any atom is -0.357 e. The molecule has 2 N–H and O–H groups in total. The summed E-state index contributed by atoms with van der Waals surface area (Å²) in [6, 6.07) is 6.43. The maximum atomic E-state index is 12.9. The molecule has 1 aliphatic heterocycles. The first kappa shape index (κ1) is 18.7. The zero-order valence-electron chi connectivity index (χ0n) is 14.0. The van der Waals surface area contributed by atoms with Gasteiger partial charge in [0.25, 0.3) is 0 Å². The Balaban J connectivity index is 1.78. The Labute approximate surface area is 143 Å². The molecule has 2 rings (SSSR count). The van der Waals surface area contributed by atoms with Crippen molar-refractivity contribution in [1.82, 2.24) is 14.9 Å². The molecular weight excluding hydrogens is 331 g/mol. The molecule has 0 amide bonds. The minimum atomic E-state index is -3.06. The Kier molecular flexibility index (Phi) is 6.99. The van der Waals surface area contributed by atoms with Crippen LogP contribution in [0.4, 0.5) is 4.39 Å². The van der Waals surface area contributed by atoms with Crippen LogP contribution in [-0.4, -0.2) is 57.2 Å². The van der Waals surface area contributed by atoms with E-state index in [1.165, 1.54) is 16.4 Å². The lowest BCUT2D eigenvalue weighted by Crippen LogP contribution is -2.39. The summed E-state index contributed by atoms with van der Waals surface area (Å²) < 4.78 is 37.8. The molecule has 134 valence electrons. The van der Waals surface area contributed by atoms with Gasteiger partial charge in [0.1, 0.15) is 5.82 Å². The van der Waals surface area contributed by atoms with Crippen LogP contribution in [0.5, 0.6) is 0 Å². The molecule has 6 nitrogen and oxygen atoms in total. The number of benzene rings is 1. The molecule has 0 atom stereocenters. The van der Waals surface area contributed by atoms with E-state index in [4.69, 9.17) is 0 Å². The lowest BCUT2D eigenvalue weighted by molar-refractivity contribution is 0.452. The van der Waals surface area contributed by atoms with E-state index in [1.54, 1.807) is 12.1 Å². The van der Waals surface area contributed by atoms with Crippen molar-refractivity contribution in [2.24, 2.45) is 4.99 Å². The average Bonchev–Trinajstić information content (AvgIpc) is 2.88. The van der Waals surface area contributed by atoms with Gasteiger partial charge in [-0.2, -0.15) is 0 Å². The molecule has 24 heavy (non-hydrogen) atoms. The van der Waals surface area contributed by atoms with Crippen molar-refractivity contribution in [3.8, 4) is 0 Å². The topological polar surface area (TPSA) is 73.8 Å². The zero-order chi connectivity index (χ0) is 17.4. The number of nitrogens with zero attached hydrogens (tertiary/aromatic N) is 2. The van der Waals surface area contributed by atoms with Crippen LogP contribution in [0.15, 0.2) is 29.3 Å². The molecule has 0 radical (unpaired) electrons. The predicted octanol–water partition coefficient (Wildman–Crippen LogP) is 0.959. The molecule has 0 bridgehead atoms. The number of aliphatic imine (C=N–C) groups is 1.